The van der Waals surface area contributed by atoms with Gasteiger partial charge in [0.2, 0.25) is 5.91 Å². The van der Waals surface area contributed by atoms with Crippen LogP contribution in [0.1, 0.15) is 38.3 Å². The van der Waals surface area contributed by atoms with Gasteiger partial charge in [-0.2, -0.15) is 0 Å². The Morgan fingerprint density at radius 2 is 1.92 bits per heavy atom. The molecule has 0 aliphatic rings. The number of halogens is 1. The Morgan fingerprint density at radius 1 is 1.27 bits per heavy atom. The van der Waals surface area contributed by atoms with Crippen LogP contribution in [-0.2, 0) is 20.7 Å². The fourth-order valence-electron chi connectivity index (χ4n) is 2.29. The van der Waals surface area contributed by atoms with E-state index in [0.717, 1.165) is 11.1 Å². The number of carbonyl (C=O) groups excluding carboxylic acids is 2. The molecule has 2 amide bonds. The molecule has 0 fully saturated rings. The number of anilines is 1. The zero-order valence-electron chi connectivity index (χ0n) is 15.4. The Morgan fingerprint density at radius 3 is 2.46 bits per heavy atom. The monoisotopic (exact) mass is 428 g/mol. The molecular formula is C18H25BrN2O5. The standard InChI is InChI=1S/C18H25BrN2O5/c1-11-5-6-13(20-15(22)10-19)7-12(11)8-14(9-16(23)24)21-17(25)26-18(2,3)4/h5-7,14H,8-10H2,1-4H3,(H,20,22)(H,21,25)(H,23,24)/t14-/m0/s1. The first-order chi connectivity index (χ1) is 12.0. The molecule has 3 N–H and O–H groups in total. The maximum Gasteiger partial charge on any atom is 0.407 e. The van der Waals surface area contributed by atoms with Crippen LogP contribution in [0.3, 0.4) is 0 Å². The van der Waals surface area contributed by atoms with Crippen molar-refractivity contribution in [1.29, 1.82) is 0 Å². The number of hydrogen-bond acceptors (Lipinski definition) is 4. The van der Waals surface area contributed by atoms with Gasteiger partial charge in [-0.1, -0.05) is 22.0 Å². The van der Waals surface area contributed by atoms with Gasteiger partial charge in [0.05, 0.1) is 11.8 Å². The SMILES string of the molecule is Cc1ccc(NC(=O)CBr)cc1C[C@@H](CC(=O)O)NC(=O)OC(C)(C)C. The van der Waals surface area contributed by atoms with Crippen molar-refractivity contribution >= 4 is 39.6 Å². The lowest BCUT2D eigenvalue weighted by molar-refractivity contribution is -0.137. The molecule has 1 aromatic carbocycles. The molecule has 26 heavy (non-hydrogen) atoms. The van der Waals surface area contributed by atoms with Crippen molar-refractivity contribution in [2.24, 2.45) is 0 Å². The molecule has 0 aliphatic carbocycles. The van der Waals surface area contributed by atoms with Gasteiger partial charge in [0.1, 0.15) is 5.60 Å². The summed E-state index contributed by atoms with van der Waals surface area (Å²) in [5.41, 5.74) is 1.71. The van der Waals surface area contributed by atoms with Gasteiger partial charge in [-0.25, -0.2) is 4.79 Å². The number of ether oxygens (including phenoxy) is 1. The van der Waals surface area contributed by atoms with Gasteiger partial charge in [0.25, 0.3) is 0 Å². The Kier molecular flexibility index (Phi) is 8.08. The lowest BCUT2D eigenvalue weighted by Crippen LogP contribution is -2.41. The van der Waals surface area contributed by atoms with E-state index >= 15 is 0 Å². The summed E-state index contributed by atoms with van der Waals surface area (Å²) in [6, 6.07) is 4.75. The molecule has 0 heterocycles. The number of carboxylic acids is 1. The zero-order chi connectivity index (χ0) is 19.9. The minimum atomic E-state index is -1.02. The number of carboxylic acid groups (broad SMARTS) is 1. The van der Waals surface area contributed by atoms with E-state index in [0.29, 0.717) is 12.1 Å². The van der Waals surface area contributed by atoms with E-state index in [-0.39, 0.29) is 17.7 Å². The van der Waals surface area contributed by atoms with Crippen LogP contribution in [-0.4, -0.2) is 40.0 Å². The number of amides is 2. The number of aryl methyl sites for hydroxylation is 1. The molecule has 1 rings (SSSR count). The number of carbonyl (C=O) groups is 3. The van der Waals surface area contributed by atoms with E-state index < -0.39 is 23.7 Å². The van der Waals surface area contributed by atoms with E-state index in [4.69, 9.17) is 9.84 Å². The molecule has 0 saturated carbocycles. The number of rotatable bonds is 7. The Balaban J connectivity index is 2.93. The smallest absolute Gasteiger partial charge is 0.407 e. The fourth-order valence-corrected chi connectivity index (χ4v) is 2.43. The van der Waals surface area contributed by atoms with E-state index in [1.807, 2.05) is 13.0 Å². The predicted octanol–water partition coefficient (Wildman–Crippen LogP) is 3.24. The first-order valence-corrected chi connectivity index (χ1v) is 9.29. The number of hydrogen-bond donors (Lipinski definition) is 3. The van der Waals surface area contributed by atoms with Crippen LogP contribution in [0.15, 0.2) is 18.2 Å². The maximum absolute atomic E-state index is 12.0. The summed E-state index contributed by atoms with van der Waals surface area (Å²) in [5.74, 6) is -1.21. The Labute approximate surface area is 161 Å². The largest absolute Gasteiger partial charge is 0.481 e. The normalized spacial score (nSPS) is 12.2. The Bertz CT molecular complexity index is 670. The third kappa shape index (κ3) is 8.33. The first kappa shape index (κ1) is 22.0. The average molecular weight is 429 g/mol. The molecule has 0 bridgehead atoms. The third-order valence-corrected chi connectivity index (χ3v) is 3.87. The highest BCUT2D eigenvalue weighted by atomic mass is 79.9. The lowest BCUT2D eigenvalue weighted by Gasteiger charge is -2.23. The van der Waals surface area contributed by atoms with Crippen molar-refractivity contribution in [2.75, 3.05) is 10.6 Å². The maximum atomic E-state index is 12.0. The van der Waals surface area contributed by atoms with Gasteiger partial charge in [-0.15, -0.1) is 0 Å². The molecule has 0 saturated heterocycles. The fraction of sp³-hybridized carbons (Fsp3) is 0.500. The predicted molar refractivity (Wildman–Crippen MR) is 103 cm³/mol. The van der Waals surface area contributed by atoms with Crippen LogP contribution in [0.4, 0.5) is 10.5 Å². The quantitative estimate of drug-likeness (QED) is 0.578. The van der Waals surface area contributed by atoms with E-state index in [1.54, 1.807) is 32.9 Å². The molecule has 0 aliphatic heterocycles. The average Bonchev–Trinajstić information content (AvgIpc) is 2.47. The first-order valence-electron chi connectivity index (χ1n) is 8.17. The van der Waals surface area contributed by atoms with Crippen LogP contribution < -0.4 is 10.6 Å². The van der Waals surface area contributed by atoms with E-state index in [9.17, 15) is 14.4 Å². The van der Waals surface area contributed by atoms with E-state index in [1.165, 1.54) is 0 Å². The van der Waals surface area contributed by atoms with Crippen molar-refractivity contribution in [3.63, 3.8) is 0 Å². The summed E-state index contributed by atoms with van der Waals surface area (Å²) in [5, 5.41) is 14.7. The molecule has 1 aromatic rings. The molecule has 7 nitrogen and oxygen atoms in total. The van der Waals surface area contributed by atoms with Crippen molar-refractivity contribution in [1.82, 2.24) is 5.32 Å². The summed E-state index contributed by atoms with van der Waals surface area (Å²) in [6.07, 6.45) is -0.600. The van der Waals surface area contributed by atoms with Crippen molar-refractivity contribution in [3.8, 4) is 0 Å². The highest BCUT2D eigenvalue weighted by Crippen LogP contribution is 2.18. The summed E-state index contributed by atoms with van der Waals surface area (Å²) >= 11 is 3.08. The summed E-state index contributed by atoms with van der Waals surface area (Å²) in [4.78, 5) is 34.7. The van der Waals surface area contributed by atoms with Crippen LogP contribution >= 0.6 is 15.9 Å². The van der Waals surface area contributed by atoms with Gasteiger partial charge >= 0.3 is 12.1 Å². The van der Waals surface area contributed by atoms with Crippen molar-refractivity contribution in [2.45, 2.75) is 52.2 Å². The lowest BCUT2D eigenvalue weighted by atomic mass is 9.98. The summed E-state index contributed by atoms with van der Waals surface area (Å²) in [7, 11) is 0. The van der Waals surface area contributed by atoms with Gasteiger partial charge < -0.3 is 20.5 Å². The van der Waals surface area contributed by atoms with Crippen LogP contribution in [0, 0.1) is 6.92 Å². The molecule has 8 heteroatoms. The van der Waals surface area contributed by atoms with E-state index in [2.05, 4.69) is 26.6 Å². The second-order valence-corrected chi connectivity index (χ2v) is 7.53. The minimum Gasteiger partial charge on any atom is -0.481 e. The van der Waals surface area contributed by atoms with Gasteiger partial charge in [-0.05, 0) is 57.4 Å². The number of aliphatic carboxylic acids is 1. The molecule has 144 valence electrons. The number of alkyl halides is 1. The molecule has 0 unspecified atom stereocenters. The highest BCUT2D eigenvalue weighted by molar-refractivity contribution is 9.09. The topological polar surface area (TPSA) is 105 Å². The number of nitrogens with one attached hydrogen (secondary N) is 2. The molecule has 1 atom stereocenters. The van der Waals surface area contributed by atoms with Gasteiger partial charge in [0.15, 0.2) is 0 Å². The van der Waals surface area contributed by atoms with Crippen LogP contribution in [0.5, 0.6) is 0 Å². The molecular weight excluding hydrogens is 404 g/mol. The molecule has 0 radical (unpaired) electrons. The summed E-state index contributed by atoms with van der Waals surface area (Å²) < 4.78 is 5.20. The van der Waals surface area contributed by atoms with Crippen molar-refractivity contribution < 1.29 is 24.2 Å². The Hall–Kier alpha value is -2.09. The number of benzene rings is 1. The number of alkyl carbamates (subject to hydrolysis) is 1. The molecule has 0 spiro atoms. The highest BCUT2D eigenvalue weighted by Gasteiger charge is 2.22. The third-order valence-electron chi connectivity index (χ3n) is 3.36. The van der Waals surface area contributed by atoms with Crippen LogP contribution in [0.25, 0.3) is 0 Å². The zero-order valence-corrected chi connectivity index (χ0v) is 17.0. The van der Waals surface area contributed by atoms with Gasteiger partial charge in [0, 0.05) is 11.7 Å². The van der Waals surface area contributed by atoms with Crippen LogP contribution in [0.2, 0.25) is 0 Å². The minimum absolute atomic E-state index is 0.179. The molecule has 0 aromatic heterocycles. The second-order valence-electron chi connectivity index (χ2n) is 6.97. The van der Waals surface area contributed by atoms with Crippen molar-refractivity contribution in [3.05, 3.63) is 29.3 Å². The second kappa shape index (κ2) is 9.56. The van der Waals surface area contributed by atoms with Gasteiger partial charge in [-0.3, -0.25) is 9.59 Å². The summed E-state index contributed by atoms with van der Waals surface area (Å²) in [6.45, 7) is 7.09.